The molecule has 9 nitrogen and oxygen atoms in total. The van der Waals surface area contributed by atoms with Gasteiger partial charge < -0.3 is 10.0 Å². The minimum Gasteiger partial charge on any atom is -0.506 e. The number of anilines is 2. The van der Waals surface area contributed by atoms with Gasteiger partial charge in [-0.2, -0.15) is 8.42 Å². The maximum Gasteiger partial charge on any atom is 0.326 e. The zero-order chi connectivity index (χ0) is 16.9. The number of hydrogen-bond acceptors (Lipinski definition) is 7. The number of aromatic hydroxyl groups is 1. The Morgan fingerprint density at radius 3 is 2.61 bits per heavy atom. The average Bonchev–Trinajstić information content (AvgIpc) is 2.71. The molecule has 0 aliphatic carbocycles. The minimum atomic E-state index is -4.24. The van der Waals surface area contributed by atoms with Crippen LogP contribution in [-0.4, -0.2) is 50.3 Å². The van der Waals surface area contributed by atoms with E-state index in [2.05, 4.69) is 10.2 Å². The van der Waals surface area contributed by atoms with Crippen LogP contribution >= 0.6 is 0 Å². The Kier molecular flexibility index (Phi) is 3.25. The molecule has 23 heavy (non-hydrogen) atoms. The van der Waals surface area contributed by atoms with Crippen LogP contribution in [0.25, 0.3) is 10.9 Å². The summed E-state index contributed by atoms with van der Waals surface area (Å²) in [7, 11) is -0.876. The molecule has 11 heteroatoms. The molecule has 2 N–H and O–H groups in total. The number of phenols is 1. The van der Waals surface area contributed by atoms with E-state index in [1.165, 1.54) is 6.07 Å². The van der Waals surface area contributed by atoms with Crippen LogP contribution in [0.4, 0.5) is 15.9 Å². The molecule has 0 unspecified atom stereocenters. The fourth-order valence-corrected chi connectivity index (χ4v) is 3.38. The normalized spacial score (nSPS) is 16.7. The lowest BCUT2D eigenvalue weighted by molar-refractivity contribution is -0.117. The van der Waals surface area contributed by atoms with Gasteiger partial charge in [-0.05, 0) is 6.07 Å². The predicted octanol–water partition coefficient (Wildman–Crippen LogP) is -0.278. The Balaban J connectivity index is 2.27. The smallest absolute Gasteiger partial charge is 0.326 e. The van der Waals surface area contributed by atoms with Crippen molar-refractivity contribution in [3.05, 3.63) is 17.9 Å². The lowest BCUT2D eigenvalue weighted by Crippen LogP contribution is -2.30. The number of amides is 1. The standard InChI is InChI=1S/C12H12FN5O4S/c1-17(2)9-3-6-7(14-15-9)4-8(19)12(11(6)13)18-5-10(20)16-23(18,21)22/h3-4,19H,5H2,1-2H3,(H,16,20). The summed E-state index contributed by atoms with van der Waals surface area (Å²) >= 11 is 0. The quantitative estimate of drug-likeness (QED) is 0.772. The van der Waals surface area contributed by atoms with Crippen molar-refractivity contribution in [1.82, 2.24) is 14.9 Å². The van der Waals surface area contributed by atoms with Crippen molar-refractivity contribution in [3.63, 3.8) is 0 Å². The molecule has 1 amide bonds. The molecule has 1 aromatic carbocycles. The summed E-state index contributed by atoms with van der Waals surface area (Å²) < 4.78 is 40.7. The average molecular weight is 341 g/mol. The second kappa shape index (κ2) is 4.91. The van der Waals surface area contributed by atoms with Gasteiger partial charge in [0.2, 0.25) is 0 Å². The lowest BCUT2D eigenvalue weighted by Gasteiger charge is -2.18. The summed E-state index contributed by atoms with van der Waals surface area (Å²) in [5, 5.41) is 17.6. The Bertz CT molecular complexity index is 931. The van der Waals surface area contributed by atoms with Crippen LogP contribution < -0.4 is 13.9 Å². The summed E-state index contributed by atoms with van der Waals surface area (Å²) in [5.74, 6) is -2.11. The van der Waals surface area contributed by atoms with Gasteiger partial charge in [0, 0.05) is 25.5 Å². The van der Waals surface area contributed by atoms with E-state index < -0.39 is 39.9 Å². The molecule has 0 bridgehead atoms. The van der Waals surface area contributed by atoms with E-state index in [9.17, 15) is 22.7 Å². The van der Waals surface area contributed by atoms with E-state index in [-0.39, 0.29) is 10.9 Å². The summed E-state index contributed by atoms with van der Waals surface area (Å²) in [5.41, 5.74) is -0.543. The van der Waals surface area contributed by atoms with E-state index >= 15 is 0 Å². The zero-order valence-electron chi connectivity index (χ0n) is 12.1. The fraction of sp³-hybridized carbons (Fsp3) is 0.250. The zero-order valence-corrected chi connectivity index (χ0v) is 12.9. The highest BCUT2D eigenvalue weighted by molar-refractivity contribution is 7.92. The van der Waals surface area contributed by atoms with Crippen molar-refractivity contribution in [1.29, 1.82) is 0 Å². The lowest BCUT2D eigenvalue weighted by atomic mass is 10.1. The van der Waals surface area contributed by atoms with E-state index in [4.69, 9.17) is 0 Å². The molecule has 2 heterocycles. The number of carbonyl (C=O) groups excluding carboxylic acids is 1. The number of nitrogens with zero attached hydrogens (tertiary/aromatic N) is 4. The molecule has 1 fully saturated rings. The van der Waals surface area contributed by atoms with E-state index in [0.717, 1.165) is 6.07 Å². The number of halogens is 1. The molecule has 2 aromatic rings. The van der Waals surface area contributed by atoms with Gasteiger partial charge in [-0.3, -0.25) is 4.79 Å². The van der Waals surface area contributed by atoms with Crippen LogP contribution in [0, 0.1) is 5.82 Å². The van der Waals surface area contributed by atoms with Crippen molar-refractivity contribution >= 4 is 38.5 Å². The Morgan fingerprint density at radius 2 is 2.04 bits per heavy atom. The van der Waals surface area contributed by atoms with Crippen LogP contribution in [-0.2, 0) is 15.0 Å². The first-order valence-electron chi connectivity index (χ1n) is 6.40. The third-order valence-corrected chi connectivity index (χ3v) is 4.68. The maximum absolute atomic E-state index is 14.8. The topological polar surface area (TPSA) is 116 Å². The van der Waals surface area contributed by atoms with Gasteiger partial charge in [-0.25, -0.2) is 13.4 Å². The Hall–Kier alpha value is -2.69. The van der Waals surface area contributed by atoms with Gasteiger partial charge in [-0.1, -0.05) is 0 Å². The first-order valence-corrected chi connectivity index (χ1v) is 7.84. The number of phenolic OH excluding ortho intramolecular Hbond substituents is 1. The van der Waals surface area contributed by atoms with Gasteiger partial charge in [0.15, 0.2) is 11.6 Å². The summed E-state index contributed by atoms with van der Waals surface area (Å²) in [6.45, 7) is -0.614. The van der Waals surface area contributed by atoms with Crippen LogP contribution in [0.2, 0.25) is 0 Å². The van der Waals surface area contributed by atoms with Crippen LogP contribution in [0.1, 0.15) is 0 Å². The molecule has 1 aliphatic rings. The van der Waals surface area contributed by atoms with E-state index in [1.807, 2.05) is 0 Å². The number of nitrogens with one attached hydrogen (secondary N) is 1. The molecule has 122 valence electrons. The van der Waals surface area contributed by atoms with Gasteiger partial charge >= 0.3 is 10.2 Å². The van der Waals surface area contributed by atoms with Crippen LogP contribution in [0.15, 0.2) is 12.1 Å². The highest BCUT2D eigenvalue weighted by Crippen LogP contribution is 2.38. The molecule has 0 radical (unpaired) electrons. The summed E-state index contributed by atoms with van der Waals surface area (Å²) in [4.78, 5) is 12.9. The first-order chi connectivity index (χ1) is 10.7. The number of hydrogen-bond donors (Lipinski definition) is 2. The van der Waals surface area contributed by atoms with Crippen molar-refractivity contribution in [2.24, 2.45) is 0 Å². The number of aromatic nitrogens is 2. The molecule has 0 saturated carbocycles. The Labute approximate surface area is 130 Å². The van der Waals surface area contributed by atoms with Crippen LogP contribution in [0.3, 0.4) is 0 Å². The molecule has 0 spiro atoms. The van der Waals surface area contributed by atoms with Crippen LogP contribution in [0.5, 0.6) is 5.75 Å². The van der Waals surface area contributed by atoms with Gasteiger partial charge in [-0.15, -0.1) is 10.2 Å². The minimum absolute atomic E-state index is 0.0222. The second-order valence-corrected chi connectivity index (χ2v) is 6.72. The van der Waals surface area contributed by atoms with Gasteiger partial charge in [0.25, 0.3) is 5.91 Å². The third kappa shape index (κ3) is 2.38. The van der Waals surface area contributed by atoms with E-state index in [0.29, 0.717) is 10.1 Å². The monoisotopic (exact) mass is 341 g/mol. The molecule has 3 rings (SSSR count). The fourth-order valence-electron chi connectivity index (χ4n) is 2.21. The number of rotatable bonds is 2. The Morgan fingerprint density at radius 1 is 1.35 bits per heavy atom. The molecule has 1 aliphatic heterocycles. The van der Waals surface area contributed by atoms with Crippen molar-refractivity contribution in [2.75, 3.05) is 29.8 Å². The van der Waals surface area contributed by atoms with Gasteiger partial charge in [0.05, 0.1) is 5.52 Å². The number of carbonyl (C=O) groups is 1. The predicted molar refractivity (Wildman–Crippen MR) is 79.9 cm³/mol. The second-order valence-electron chi connectivity index (χ2n) is 5.12. The number of fused-ring (bicyclic) bond motifs is 1. The molecule has 1 aromatic heterocycles. The first kappa shape index (κ1) is 15.2. The SMILES string of the molecule is CN(C)c1cc2c(F)c(N3CC(=O)NS3(=O)=O)c(O)cc2nn1. The molecule has 0 atom stereocenters. The maximum atomic E-state index is 14.8. The third-order valence-electron chi connectivity index (χ3n) is 3.30. The highest BCUT2D eigenvalue weighted by atomic mass is 32.2. The molecular formula is C12H12FN5O4S. The molecule has 1 saturated heterocycles. The van der Waals surface area contributed by atoms with Crippen molar-refractivity contribution in [2.45, 2.75) is 0 Å². The summed E-state index contributed by atoms with van der Waals surface area (Å²) in [6, 6.07) is 2.47. The highest BCUT2D eigenvalue weighted by Gasteiger charge is 2.38. The van der Waals surface area contributed by atoms with E-state index in [1.54, 1.807) is 23.7 Å². The van der Waals surface area contributed by atoms with Crippen molar-refractivity contribution in [3.8, 4) is 5.75 Å². The van der Waals surface area contributed by atoms with Gasteiger partial charge in [0.1, 0.15) is 18.0 Å². The number of benzene rings is 1. The van der Waals surface area contributed by atoms with Crippen molar-refractivity contribution < 1.29 is 22.7 Å². The molecular weight excluding hydrogens is 329 g/mol. The summed E-state index contributed by atoms with van der Waals surface area (Å²) in [6.07, 6.45) is 0. The largest absolute Gasteiger partial charge is 0.506 e.